The van der Waals surface area contributed by atoms with Crippen LogP contribution >= 0.6 is 15.9 Å². The van der Waals surface area contributed by atoms with E-state index in [-0.39, 0.29) is 24.2 Å². The fraction of sp³-hybridized carbons (Fsp3) is 0.118. The van der Waals surface area contributed by atoms with Gasteiger partial charge in [-0.15, -0.1) is 0 Å². The van der Waals surface area contributed by atoms with Crippen molar-refractivity contribution in [3.05, 3.63) is 119 Å². The number of hydrogen-bond acceptors (Lipinski definition) is 4. The smallest absolute Gasteiger partial charge is 0.302 e. The molecule has 0 saturated carbocycles. The Bertz CT molecular complexity index is 1680. The molecule has 1 aromatic heterocycles. The van der Waals surface area contributed by atoms with Gasteiger partial charge in [0.2, 0.25) is 0 Å². The number of aromatic nitrogens is 1. The topological polar surface area (TPSA) is 59.4 Å². The maximum atomic E-state index is 11.9. The lowest BCUT2D eigenvalue weighted by Crippen LogP contribution is -2.20. The van der Waals surface area contributed by atoms with Crippen LogP contribution < -0.4 is 0 Å². The fourth-order valence-corrected chi connectivity index (χ4v) is 5.84. The average molecular weight is 576 g/mol. The van der Waals surface area contributed by atoms with Gasteiger partial charge in [-0.3, -0.25) is 9.78 Å². The van der Waals surface area contributed by atoms with Crippen molar-refractivity contribution >= 4 is 21.9 Å². The Morgan fingerprint density at radius 2 is 1.64 bits per heavy atom. The Hall–Kier alpha value is -4.22. The van der Waals surface area contributed by atoms with Crippen molar-refractivity contribution < 1.29 is 14.6 Å². The van der Waals surface area contributed by atoms with E-state index in [1.807, 2.05) is 54.7 Å². The van der Waals surface area contributed by atoms with Gasteiger partial charge in [0.15, 0.2) is 0 Å². The molecule has 1 heterocycles. The van der Waals surface area contributed by atoms with Gasteiger partial charge in [-0.25, -0.2) is 0 Å². The molecule has 0 spiro atoms. The number of nitrogens with zero attached hydrogens (tertiary/aromatic N) is 1. The molecule has 0 radical (unpaired) electrons. The number of halogens is 1. The van der Waals surface area contributed by atoms with Gasteiger partial charge in [0.1, 0.15) is 5.75 Å². The minimum Gasteiger partial charge on any atom is -0.507 e. The Kier molecular flexibility index (Phi) is 6.76. The number of ether oxygens (including phenoxy) is 1. The maximum Gasteiger partial charge on any atom is 0.302 e. The number of benzene rings is 4. The lowest BCUT2D eigenvalue weighted by Gasteiger charge is -2.31. The molecular formula is C34H26BrNO3. The summed E-state index contributed by atoms with van der Waals surface area (Å²) in [4.78, 5) is 16.6. The van der Waals surface area contributed by atoms with E-state index in [4.69, 9.17) is 9.72 Å². The molecule has 39 heavy (non-hydrogen) atoms. The van der Waals surface area contributed by atoms with Crippen LogP contribution in [0.3, 0.4) is 0 Å². The van der Waals surface area contributed by atoms with E-state index in [0.29, 0.717) is 6.42 Å². The number of carbonyl (C=O) groups is 1. The van der Waals surface area contributed by atoms with Crippen LogP contribution in [-0.4, -0.2) is 22.7 Å². The van der Waals surface area contributed by atoms with Gasteiger partial charge >= 0.3 is 5.97 Å². The van der Waals surface area contributed by atoms with Crippen LogP contribution in [0.15, 0.2) is 108 Å². The number of esters is 1. The highest BCUT2D eigenvalue weighted by molar-refractivity contribution is 9.10. The van der Waals surface area contributed by atoms with E-state index in [1.54, 1.807) is 6.07 Å². The fourth-order valence-electron chi connectivity index (χ4n) is 5.57. The van der Waals surface area contributed by atoms with Crippen LogP contribution in [-0.2, 0) is 16.0 Å². The molecule has 0 saturated heterocycles. The summed E-state index contributed by atoms with van der Waals surface area (Å²) in [6.45, 7) is 1.65. The van der Waals surface area contributed by atoms with Crippen LogP contribution in [0.25, 0.3) is 44.6 Å². The molecule has 1 aliphatic carbocycles. The standard InChI is InChI=1S/C34H26BrNO3/c1-21(37)39-20-25-18-30-28(31-19-24(16-17-36-31)22-6-3-2-4-7-22)8-5-9-29(30)34-32(38)15-14-27(33(25)34)23-10-12-26(35)13-11-23/h2-17,19,25,38H,18,20H2,1H3. The van der Waals surface area contributed by atoms with Crippen molar-refractivity contribution in [3.63, 3.8) is 0 Å². The predicted octanol–water partition coefficient (Wildman–Crippen LogP) is 8.42. The first-order valence-electron chi connectivity index (χ1n) is 12.9. The third-order valence-corrected chi connectivity index (χ3v) is 7.84. The molecule has 4 nitrogen and oxygen atoms in total. The normalized spacial score (nSPS) is 13.8. The summed E-state index contributed by atoms with van der Waals surface area (Å²) in [5.41, 5.74) is 10.00. The number of rotatable bonds is 5. The van der Waals surface area contributed by atoms with E-state index >= 15 is 0 Å². The van der Waals surface area contributed by atoms with Gasteiger partial charge < -0.3 is 9.84 Å². The molecule has 6 rings (SSSR count). The highest BCUT2D eigenvalue weighted by atomic mass is 79.9. The van der Waals surface area contributed by atoms with Crippen molar-refractivity contribution in [1.82, 2.24) is 4.98 Å². The number of fused-ring (bicyclic) bond motifs is 3. The molecule has 0 amide bonds. The second kappa shape index (κ2) is 10.5. The number of phenolic OH excluding ortho intramolecular Hbond substituents is 1. The minimum atomic E-state index is -0.321. The van der Waals surface area contributed by atoms with Gasteiger partial charge in [0.25, 0.3) is 0 Å². The molecule has 1 atom stereocenters. The molecule has 0 bridgehead atoms. The zero-order valence-electron chi connectivity index (χ0n) is 21.4. The average Bonchev–Trinajstić information content (AvgIpc) is 2.96. The van der Waals surface area contributed by atoms with Crippen molar-refractivity contribution in [1.29, 1.82) is 0 Å². The summed E-state index contributed by atoms with van der Waals surface area (Å²) in [6, 6.07) is 32.4. The van der Waals surface area contributed by atoms with Crippen molar-refractivity contribution in [2.75, 3.05) is 6.61 Å². The first-order valence-corrected chi connectivity index (χ1v) is 13.7. The summed E-state index contributed by atoms with van der Waals surface area (Å²) < 4.78 is 6.58. The van der Waals surface area contributed by atoms with Crippen molar-refractivity contribution in [2.24, 2.45) is 0 Å². The minimum absolute atomic E-state index is 0.138. The number of aromatic hydroxyl groups is 1. The SMILES string of the molecule is CC(=O)OCC1Cc2c(-c3cc(-c4ccccc4)ccn3)cccc2-c2c(O)ccc(-c3ccc(Br)cc3)c21. The van der Waals surface area contributed by atoms with Gasteiger partial charge in [-0.05, 0) is 75.7 Å². The summed E-state index contributed by atoms with van der Waals surface area (Å²) >= 11 is 3.53. The first-order chi connectivity index (χ1) is 19.0. The van der Waals surface area contributed by atoms with Crippen LogP contribution in [0.4, 0.5) is 0 Å². The number of carbonyl (C=O) groups excluding carboxylic acids is 1. The Morgan fingerprint density at radius 3 is 2.41 bits per heavy atom. The number of phenols is 1. The van der Waals surface area contributed by atoms with Crippen molar-refractivity contribution in [2.45, 2.75) is 19.3 Å². The third kappa shape index (κ3) is 4.86. The molecular weight excluding hydrogens is 550 g/mol. The van der Waals surface area contributed by atoms with Crippen LogP contribution in [0.5, 0.6) is 5.75 Å². The summed E-state index contributed by atoms with van der Waals surface area (Å²) in [5.74, 6) is -0.249. The zero-order valence-corrected chi connectivity index (χ0v) is 23.0. The molecule has 5 aromatic rings. The molecule has 4 aromatic carbocycles. The first kappa shape index (κ1) is 25.1. The summed E-state index contributed by atoms with van der Waals surface area (Å²) in [5, 5.41) is 11.2. The zero-order chi connectivity index (χ0) is 26.9. The number of hydrogen-bond donors (Lipinski definition) is 1. The van der Waals surface area contributed by atoms with Crippen LogP contribution in [0, 0.1) is 0 Å². The highest BCUT2D eigenvalue weighted by Crippen LogP contribution is 2.50. The number of pyridine rings is 1. The lowest BCUT2D eigenvalue weighted by atomic mass is 9.74. The van der Waals surface area contributed by atoms with Gasteiger partial charge in [0.05, 0.1) is 12.3 Å². The van der Waals surface area contributed by atoms with E-state index in [2.05, 4.69) is 58.4 Å². The Labute approximate surface area is 236 Å². The highest BCUT2D eigenvalue weighted by Gasteiger charge is 2.32. The van der Waals surface area contributed by atoms with E-state index in [9.17, 15) is 9.90 Å². The van der Waals surface area contributed by atoms with Crippen molar-refractivity contribution in [3.8, 4) is 50.4 Å². The molecule has 192 valence electrons. The third-order valence-electron chi connectivity index (χ3n) is 7.31. The second-order valence-electron chi connectivity index (χ2n) is 9.76. The molecule has 0 aliphatic heterocycles. The quantitative estimate of drug-likeness (QED) is 0.214. The van der Waals surface area contributed by atoms with Gasteiger partial charge in [0, 0.05) is 34.6 Å². The van der Waals surface area contributed by atoms with Crippen LogP contribution in [0.1, 0.15) is 24.0 Å². The molecule has 5 heteroatoms. The predicted molar refractivity (Wildman–Crippen MR) is 158 cm³/mol. The Morgan fingerprint density at radius 1 is 0.872 bits per heavy atom. The molecule has 0 fully saturated rings. The maximum absolute atomic E-state index is 11.9. The van der Waals surface area contributed by atoms with E-state index in [1.165, 1.54) is 6.92 Å². The molecule has 1 unspecified atom stereocenters. The molecule has 1 N–H and O–H groups in total. The van der Waals surface area contributed by atoms with Gasteiger partial charge in [-0.1, -0.05) is 82.7 Å². The molecule has 1 aliphatic rings. The van der Waals surface area contributed by atoms with E-state index in [0.717, 1.165) is 60.2 Å². The second-order valence-corrected chi connectivity index (χ2v) is 10.7. The summed E-state index contributed by atoms with van der Waals surface area (Å²) in [7, 11) is 0. The summed E-state index contributed by atoms with van der Waals surface area (Å²) in [6.07, 6.45) is 2.49. The van der Waals surface area contributed by atoms with Crippen LogP contribution in [0.2, 0.25) is 0 Å². The van der Waals surface area contributed by atoms with Gasteiger partial charge in [-0.2, -0.15) is 0 Å². The van der Waals surface area contributed by atoms with E-state index < -0.39 is 0 Å². The lowest BCUT2D eigenvalue weighted by molar-refractivity contribution is -0.141. The Balaban J connectivity index is 1.54. The largest absolute Gasteiger partial charge is 0.507 e. The monoisotopic (exact) mass is 575 g/mol.